The second kappa shape index (κ2) is 6.16. The maximum Gasteiger partial charge on any atom is 0.175 e. The minimum Gasteiger partial charge on any atom is -0.456 e. The minimum atomic E-state index is -3.25. The maximum absolute atomic E-state index is 11.5. The van der Waals surface area contributed by atoms with Crippen molar-refractivity contribution in [3.05, 3.63) is 52.5 Å². The van der Waals surface area contributed by atoms with Gasteiger partial charge in [0.15, 0.2) is 9.84 Å². The van der Waals surface area contributed by atoms with E-state index in [1.165, 1.54) is 12.1 Å². The molecule has 0 saturated carbocycles. The van der Waals surface area contributed by atoms with Gasteiger partial charge in [0.1, 0.15) is 11.5 Å². The lowest BCUT2D eigenvalue weighted by atomic mass is 10.2. The molecule has 0 aliphatic carbocycles. The fraction of sp³-hybridized carbons (Fsp3) is 0.143. The molecular weight excluding hydrogens is 364 g/mol. The lowest BCUT2D eigenvalue weighted by Gasteiger charge is -2.09. The number of alkyl halides is 1. The molecular formula is C14H12BrClO3S. The summed E-state index contributed by atoms with van der Waals surface area (Å²) in [6.07, 6.45) is 1.16. The number of sulfone groups is 1. The number of halogens is 2. The standard InChI is InChI=1S/C14H12BrClO3S/c1-20(17,18)12-4-2-3-11(8-12)19-14-6-5-10(9-16)7-13(14)15/h2-8H,9H2,1H3. The second-order valence-corrected chi connectivity index (χ2v) is 7.38. The molecule has 3 nitrogen and oxygen atoms in total. The lowest BCUT2D eigenvalue weighted by molar-refractivity contribution is 0.477. The first kappa shape index (κ1) is 15.4. The van der Waals surface area contributed by atoms with Crippen LogP contribution in [0.15, 0.2) is 51.8 Å². The van der Waals surface area contributed by atoms with Crippen LogP contribution in [0.5, 0.6) is 11.5 Å². The Morgan fingerprint density at radius 1 is 1.20 bits per heavy atom. The van der Waals surface area contributed by atoms with Crippen molar-refractivity contribution in [1.29, 1.82) is 0 Å². The van der Waals surface area contributed by atoms with E-state index in [2.05, 4.69) is 15.9 Å². The summed E-state index contributed by atoms with van der Waals surface area (Å²) >= 11 is 9.16. The van der Waals surface area contributed by atoms with Gasteiger partial charge in [-0.1, -0.05) is 12.1 Å². The van der Waals surface area contributed by atoms with Crippen LogP contribution in [0.2, 0.25) is 0 Å². The van der Waals surface area contributed by atoms with Crippen molar-refractivity contribution in [3.8, 4) is 11.5 Å². The van der Waals surface area contributed by atoms with E-state index in [1.807, 2.05) is 12.1 Å². The van der Waals surface area contributed by atoms with Crippen molar-refractivity contribution in [2.45, 2.75) is 10.8 Å². The highest BCUT2D eigenvalue weighted by Crippen LogP contribution is 2.31. The highest BCUT2D eigenvalue weighted by atomic mass is 79.9. The van der Waals surface area contributed by atoms with E-state index in [9.17, 15) is 8.42 Å². The number of hydrogen-bond donors (Lipinski definition) is 0. The maximum atomic E-state index is 11.5. The molecule has 20 heavy (non-hydrogen) atoms. The van der Waals surface area contributed by atoms with Crippen LogP contribution < -0.4 is 4.74 Å². The zero-order chi connectivity index (χ0) is 14.8. The summed E-state index contributed by atoms with van der Waals surface area (Å²) in [6, 6.07) is 11.9. The molecule has 0 saturated heterocycles. The van der Waals surface area contributed by atoms with Gasteiger partial charge in [-0.05, 0) is 51.8 Å². The van der Waals surface area contributed by atoms with Crippen LogP contribution in [-0.4, -0.2) is 14.7 Å². The van der Waals surface area contributed by atoms with Crippen molar-refractivity contribution in [2.75, 3.05) is 6.26 Å². The van der Waals surface area contributed by atoms with Crippen molar-refractivity contribution in [2.24, 2.45) is 0 Å². The van der Waals surface area contributed by atoms with Crippen LogP contribution in [0.4, 0.5) is 0 Å². The molecule has 2 aromatic carbocycles. The normalized spacial score (nSPS) is 11.3. The van der Waals surface area contributed by atoms with Gasteiger partial charge in [-0.25, -0.2) is 8.42 Å². The first-order chi connectivity index (χ1) is 9.40. The minimum absolute atomic E-state index is 0.225. The number of hydrogen-bond acceptors (Lipinski definition) is 3. The Hall–Kier alpha value is -1.04. The number of ether oxygens (including phenoxy) is 1. The Labute approximate surface area is 131 Å². The van der Waals surface area contributed by atoms with Gasteiger partial charge in [0.2, 0.25) is 0 Å². The van der Waals surface area contributed by atoms with Gasteiger partial charge in [-0.15, -0.1) is 11.6 Å². The van der Waals surface area contributed by atoms with Gasteiger partial charge in [-0.2, -0.15) is 0 Å². The zero-order valence-corrected chi connectivity index (χ0v) is 13.8. The van der Waals surface area contributed by atoms with E-state index in [-0.39, 0.29) is 4.90 Å². The molecule has 0 N–H and O–H groups in total. The highest BCUT2D eigenvalue weighted by Gasteiger charge is 2.09. The molecule has 2 aromatic rings. The van der Waals surface area contributed by atoms with Crippen molar-refractivity contribution >= 4 is 37.4 Å². The first-order valence-electron chi connectivity index (χ1n) is 5.72. The molecule has 0 fully saturated rings. The SMILES string of the molecule is CS(=O)(=O)c1cccc(Oc2ccc(CCl)cc2Br)c1. The average Bonchev–Trinajstić information content (AvgIpc) is 2.40. The largest absolute Gasteiger partial charge is 0.456 e. The molecule has 0 spiro atoms. The number of benzene rings is 2. The summed E-state index contributed by atoms with van der Waals surface area (Å²) in [5.41, 5.74) is 0.968. The van der Waals surface area contributed by atoms with E-state index in [4.69, 9.17) is 16.3 Å². The Bertz CT molecular complexity index is 729. The molecule has 0 amide bonds. The van der Waals surface area contributed by atoms with Gasteiger partial charge < -0.3 is 4.74 Å². The molecule has 0 bridgehead atoms. The summed E-state index contributed by atoms with van der Waals surface area (Å²) in [4.78, 5) is 0.225. The summed E-state index contributed by atoms with van der Waals surface area (Å²) in [7, 11) is -3.25. The molecule has 6 heteroatoms. The van der Waals surface area contributed by atoms with Gasteiger partial charge in [-0.3, -0.25) is 0 Å². The fourth-order valence-electron chi connectivity index (χ4n) is 1.61. The van der Waals surface area contributed by atoms with Crippen molar-refractivity contribution in [3.63, 3.8) is 0 Å². The predicted octanol–water partition coefficient (Wildman–Crippen LogP) is 4.38. The molecule has 0 atom stereocenters. The van der Waals surface area contributed by atoms with E-state index >= 15 is 0 Å². The Morgan fingerprint density at radius 3 is 2.55 bits per heavy atom. The third kappa shape index (κ3) is 3.75. The van der Waals surface area contributed by atoms with Crippen molar-refractivity contribution in [1.82, 2.24) is 0 Å². The van der Waals surface area contributed by atoms with Gasteiger partial charge in [0.05, 0.1) is 9.37 Å². The average molecular weight is 376 g/mol. The van der Waals surface area contributed by atoms with Crippen LogP contribution in [0, 0.1) is 0 Å². The molecule has 0 aliphatic heterocycles. The second-order valence-electron chi connectivity index (χ2n) is 4.25. The molecule has 0 unspecified atom stereocenters. The van der Waals surface area contributed by atoms with Crippen LogP contribution >= 0.6 is 27.5 Å². The van der Waals surface area contributed by atoms with E-state index < -0.39 is 9.84 Å². The fourth-order valence-corrected chi connectivity index (χ4v) is 2.93. The predicted molar refractivity (Wildman–Crippen MR) is 83.3 cm³/mol. The Balaban J connectivity index is 2.31. The van der Waals surface area contributed by atoms with Gasteiger partial charge in [0, 0.05) is 12.1 Å². The zero-order valence-electron chi connectivity index (χ0n) is 10.6. The summed E-state index contributed by atoms with van der Waals surface area (Å²) in [5.74, 6) is 1.49. The summed E-state index contributed by atoms with van der Waals surface area (Å²) in [6.45, 7) is 0. The third-order valence-electron chi connectivity index (χ3n) is 2.61. The molecule has 106 valence electrons. The van der Waals surface area contributed by atoms with E-state index in [1.54, 1.807) is 18.2 Å². The lowest BCUT2D eigenvalue weighted by Crippen LogP contribution is -1.97. The molecule has 0 aliphatic rings. The summed E-state index contributed by atoms with van der Waals surface area (Å²) in [5, 5.41) is 0. The Kier molecular flexibility index (Phi) is 4.73. The van der Waals surface area contributed by atoms with Gasteiger partial charge in [0.25, 0.3) is 0 Å². The van der Waals surface area contributed by atoms with E-state index in [0.717, 1.165) is 16.3 Å². The van der Waals surface area contributed by atoms with Crippen LogP contribution in [0.3, 0.4) is 0 Å². The topological polar surface area (TPSA) is 43.4 Å². The molecule has 0 heterocycles. The molecule has 2 rings (SSSR count). The van der Waals surface area contributed by atoms with Crippen LogP contribution in [-0.2, 0) is 15.7 Å². The van der Waals surface area contributed by atoms with Crippen molar-refractivity contribution < 1.29 is 13.2 Å². The third-order valence-corrected chi connectivity index (χ3v) is 4.65. The highest BCUT2D eigenvalue weighted by molar-refractivity contribution is 9.10. The van der Waals surface area contributed by atoms with Gasteiger partial charge >= 0.3 is 0 Å². The Morgan fingerprint density at radius 2 is 1.95 bits per heavy atom. The monoisotopic (exact) mass is 374 g/mol. The smallest absolute Gasteiger partial charge is 0.175 e. The quantitative estimate of drug-likeness (QED) is 0.745. The van der Waals surface area contributed by atoms with Crippen LogP contribution in [0.25, 0.3) is 0 Å². The number of rotatable bonds is 4. The first-order valence-corrected chi connectivity index (χ1v) is 8.94. The van der Waals surface area contributed by atoms with Crippen LogP contribution in [0.1, 0.15) is 5.56 Å². The van der Waals surface area contributed by atoms with E-state index in [0.29, 0.717) is 17.4 Å². The summed E-state index contributed by atoms with van der Waals surface area (Å²) < 4.78 is 29.5. The molecule has 0 radical (unpaired) electrons. The molecule has 0 aromatic heterocycles.